The fraction of sp³-hybridized carbons (Fsp3) is 0.379. The van der Waals surface area contributed by atoms with Crippen LogP contribution >= 0.6 is 22.9 Å². The minimum atomic E-state index is -0.770. The maximum atomic E-state index is 13.5. The smallest absolute Gasteiger partial charge is 0.257 e. The van der Waals surface area contributed by atoms with Gasteiger partial charge in [-0.1, -0.05) is 23.7 Å². The van der Waals surface area contributed by atoms with Crippen LogP contribution in [-0.4, -0.2) is 52.6 Å². The number of fused-ring (bicyclic) bond motifs is 1. The number of hydrogen-bond acceptors (Lipinski definition) is 8. The Hall–Kier alpha value is -2.99. The fourth-order valence-electron chi connectivity index (χ4n) is 4.75. The number of aliphatic hydroxyl groups is 1. The van der Waals surface area contributed by atoms with E-state index in [1.165, 1.54) is 17.6 Å². The van der Waals surface area contributed by atoms with Crippen molar-refractivity contribution in [2.45, 2.75) is 51.5 Å². The molecule has 5 rings (SSSR count). The number of carbonyl (C=O) groups excluding carboxylic acids is 1. The Labute approximate surface area is 240 Å². The number of halogens is 1. The van der Waals surface area contributed by atoms with Crippen molar-refractivity contribution in [3.8, 4) is 0 Å². The Morgan fingerprint density at radius 2 is 2.08 bits per heavy atom. The van der Waals surface area contributed by atoms with Crippen molar-refractivity contribution in [2.24, 2.45) is 0 Å². The summed E-state index contributed by atoms with van der Waals surface area (Å²) >= 11 is 7.45. The lowest BCUT2D eigenvalue weighted by Crippen LogP contribution is -2.30. The highest BCUT2D eigenvalue weighted by atomic mass is 35.5. The van der Waals surface area contributed by atoms with E-state index in [0.717, 1.165) is 15.3 Å². The van der Waals surface area contributed by atoms with Gasteiger partial charge in [0.2, 0.25) is 5.43 Å². The van der Waals surface area contributed by atoms with Gasteiger partial charge in [0.15, 0.2) is 5.79 Å². The summed E-state index contributed by atoms with van der Waals surface area (Å²) in [7, 11) is 1.89. The summed E-state index contributed by atoms with van der Waals surface area (Å²) in [6.07, 6.45) is 2.14. The Kier molecular flexibility index (Phi) is 8.46. The van der Waals surface area contributed by atoms with Gasteiger partial charge in [-0.2, -0.15) is 0 Å². The first-order chi connectivity index (χ1) is 19.1. The average Bonchev–Trinajstić information content (AvgIpc) is 3.65. The number of amides is 1. The van der Waals surface area contributed by atoms with E-state index in [4.69, 9.17) is 25.5 Å². The number of pyridine rings is 1. The van der Waals surface area contributed by atoms with Crippen molar-refractivity contribution in [1.82, 2.24) is 14.8 Å². The summed E-state index contributed by atoms with van der Waals surface area (Å²) in [5.41, 5.74) is 0.602. The first-order valence-electron chi connectivity index (χ1n) is 13.0. The third-order valence-corrected chi connectivity index (χ3v) is 8.07. The topological polar surface area (TPSA) is 106 Å². The van der Waals surface area contributed by atoms with Crippen LogP contribution in [0.2, 0.25) is 5.02 Å². The molecule has 2 atom stereocenters. The second kappa shape index (κ2) is 11.9. The van der Waals surface area contributed by atoms with Gasteiger partial charge in [0.05, 0.1) is 24.8 Å². The van der Waals surface area contributed by atoms with Crippen LogP contribution < -0.4 is 10.7 Å². The van der Waals surface area contributed by atoms with Gasteiger partial charge >= 0.3 is 0 Å². The van der Waals surface area contributed by atoms with Crippen molar-refractivity contribution in [3.05, 3.63) is 91.9 Å². The summed E-state index contributed by atoms with van der Waals surface area (Å²) in [6, 6.07) is 12.5. The molecular weight excluding hydrogens is 554 g/mol. The third-order valence-electron chi connectivity index (χ3n) is 6.66. The Balaban J connectivity index is 1.41. The molecule has 4 heterocycles. The van der Waals surface area contributed by atoms with Gasteiger partial charge in [-0.15, -0.1) is 11.3 Å². The van der Waals surface area contributed by atoms with Gasteiger partial charge in [0.25, 0.3) is 5.91 Å². The van der Waals surface area contributed by atoms with Crippen molar-refractivity contribution in [1.29, 1.82) is 0 Å². The molecule has 0 spiro atoms. The largest absolute Gasteiger partial charge is 0.467 e. The van der Waals surface area contributed by atoms with Crippen LogP contribution in [0, 0.1) is 0 Å². The molecule has 1 fully saturated rings. The number of nitrogens with one attached hydrogen (secondary N) is 1. The zero-order chi connectivity index (χ0) is 28.4. The van der Waals surface area contributed by atoms with Crippen LogP contribution in [0.1, 0.15) is 46.5 Å². The van der Waals surface area contributed by atoms with Gasteiger partial charge in [-0.3, -0.25) is 14.5 Å². The van der Waals surface area contributed by atoms with E-state index in [2.05, 4.69) is 5.32 Å². The maximum absolute atomic E-state index is 13.5. The van der Waals surface area contributed by atoms with E-state index in [0.29, 0.717) is 42.4 Å². The Bertz CT molecular complexity index is 1530. The number of thiophene rings is 1. The Morgan fingerprint density at radius 3 is 2.75 bits per heavy atom. The van der Waals surface area contributed by atoms with Crippen LogP contribution in [0.25, 0.3) is 10.2 Å². The molecule has 4 aromatic rings. The predicted octanol–water partition coefficient (Wildman–Crippen LogP) is 4.56. The number of ether oxygens (including phenoxy) is 2. The molecule has 1 aliphatic heterocycles. The van der Waals surface area contributed by atoms with Crippen molar-refractivity contribution in [2.75, 3.05) is 20.2 Å². The first-order valence-corrected chi connectivity index (χ1v) is 14.2. The summed E-state index contributed by atoms with van der Waals surface area (Å²) in [4.78, 5) is 30.4. The van der Waals surface area contributed by atoms with Crippen LogP contribution in [-0.2, 0) is 29.1 Å². The lowest BCUT2D eigenvalue weighted by Gasteiger charge is -2.19. The normalized spacial score (nSPS) is 17.5. The van der Waals surface area contributed by atoms with Crippen LogP contribution in [0.3, 0.4) is 0 Å². The molecule has 0 saturated carbocycles. The van der Waals surface area contributed by atoms with Crippen molar-refractivity contribution in [3.63, 3.8) is 0 Å². The standard InChI is InChI=1S/C29H32ClN3O6S/c1-29(2)38-17-20(39-29)13-33-15-23(27(36)31-12-18-6-8-19(30)9-7-18)26(35)22-11-21(40-28(22)33)14-32(3)16-24(34)25-5-4-10-37-25/h4-11,15,20,24,34H,12-14,16-17H2,1-3H3,(H,31,36)/t20?,24-/m1/s1. The number of carbonyl (C=O) groups is 1. The van der Waals surface area contributed by atoms with E-state index in [1.54, 1.807) is 30.5 Å². The average molecular weight is 586 g/mol. The van der Waals surface area contributed by atoms with E-state index < -0.39 is 17.8 Å². The molecule has 212 valence electrons. The molecule has 1 saturated heterocycles. The van der Waals surface area contributed by atoms with Gasteiger partial charge < -0.3 is 28.9 Å². The zero-order valence-electron chi connectivity index (χ0n) is 22.6. The number of rotatable bonds is 10. The highest BCUT2D eigenvalue weighted by Gasteiger charge is 2.33. The summed E-state index contributed by atoms with van der Waals surface area (Å²) < 4.78 is 19.0. The fourth-order valence-corrected chi connectivity index (χ4v) is 6.09. The predicted molar refractivity (Wildman–Crippen MR) is 154 cm³/mol. The molecule has 0 bridgehead atoms. The summed E-state index contributed by atoms with van der Waals surface area (Å²) in [5.74, 6) is -0.649. The highest BCUT2D eigenvalue weighted by molar-refractivity contribution is 7.18. The monoisotopic (exact) mass is 585 g/mol. The number of likely N-dealkylation sites (N-methyl/N-ethyl adjacent to an activating group) is 1. The second-order valence-corrected chi connectivity index (χ2v) is 12.0. The molecule has 9 nitrogen and oxygen atoms in total. The van der Waals surface area contributed by atoms with Gasteiger partial charge in [0, 0.05) is 35.7 Å². The van der Waals surface area contributed by atoms with Gasteiger partial charge in [0.1, 0.15) is 28.4 Å². The van der Waals surface area contributed by atoms with Crippen LogP contribution in [0.15, 0.2) is 64.1 Å². The number of aromatic nitrogens is 1. The summed E-state index contributed by atoms with van der Waals surface area (Å²) in [5, 5.41) is 14.4. The van der Waals surface area contributed by atoms with E-state index >= 15 is 0 Å². The third kappa shape index (κ3) is 6.65. The van der Waals surface area contributed by atoms with Gasteiger partial charge in [-0.05, 0) is 56.8 Å². The molecule has 2 N–H and O–H groups in total. The molecular formula is C29H32ClN3O6S. The minimum Gasteiger partial charge on any atom is -0.467 e. The number of aliphatic hydroxyl groups excluding tert-OH is 1. The molecule has 40 heavy (non-hydrogen) atoms. The molecule has 1 aromatic carbocycles. The van der Waals surface area contributed by atoms with Gasteiger partial charge in [-0.25, -0.2) is 0 Å². The molecule has 0 radical (unpaired) electrons. The Morgan fingerprint density at radius 1 is 1.30 bits per heavy atom. The number of hydrogen-bond donors (Lipinski definition) is 2. The second-order valence-electron chi connectivity index (χ2n) is 10.4. The van der Waals surface area contributed by atoms with Crippen LogP contribution in [0.4, 0.5) is 0 Å². The minimum absolute atomic E-state index is 0.0607. The maximum Gasteiger partial charge on any atom is 0.257 e. The van der Waals surface area contributed by atoms with Crippen molar-refractivity contribution < 1.29 is 23.8 Å². The zero-order valence-corrected chi connectivity index (χ0v) is 24.1. The van der Waals surface area contributed by atoms with E-state index in [1.807, 2.05) is 48.6 Å². The molecule has 11 heteroatoms. The SMILES string of the molecule is CN(Cc1cc2c(=O)c(C(=O)NCc3ccc(Cl)cc3)cn(CC3COC(C)(C)O3)c2s1)C[C@@H](O)c1ccco1. The van der Waals surface area contributed by atoms with E-state index in [-0.39, 0.29) is 23.6 Å². The van der Waals surface area contributed by atoms with E-state index in [9.17, 15) is 14.7 Å². The lowest BCUT2D eigenvalue weighted by atomic mass is 10.1. The van der Waals surface area contributed by atoms with Crippen LogP contribution in [0.5, 0.6) is 0 Å². The molecule has 0 aliphatic carbocycles. The number of benzene rings is 1. The molecule has 1 aliphatic rings. The molecule has 3 aromatic heterocycles. The molecule has 1 amide bonds. The summed E-state index contributed by atoms with van der Waals surface area (Å²) in [6.45, 7) is 5.67. The lowest BCUT2D eigenvalue weighted by molar-refractivity contribution is -0.139. The quantitative estimate of drug-likeness (QED) is 0.281. The highest BCUT2D eigenvalue weighted by Crippen LogP contribution is 2.29. The number of nitrogens with zero attached hydrogens (tertiary/aromatic N) is 2. The van der Waals surface area contributed by atoms with Crippen molar-refractivity contribution >= 4 is 39.1 Å². The number of furan rings is 1. The molecule has 1 unspecified atom stereocenters. The first kappa shape index (κ1) is 28.5.